The third-order valence-electron chi connectivity index (χ3n) is 4.15. The fraction of sp³-hybridized carbons (Fsp3) is 0.316. The van der Waals surface area contributed by atoms with Crippen LogP contribution in [0.15, 0.2) is 36.4 Å². The summed E-state index contributed by atoms with van der Waals surface area (Å²) in [4.78, 5) is 12.4. The van der Waals surface area contributed by atoms with E-state index >= 15 is 0 Å². The van der Waals surface area contributed by atoms with Crippen LogP contribution in [0.2, 0.25) is 0 Å². The first-order valence-electron chi connectivity index (χ1n) is 7.59. The topological polar surface area (TPSA) is 41.1 Å². The van der Waals surface area contributed by atoms with Crippen LogP contribution >= 0.6 is 0 Å². The van der Waals surface area contributed by atoms with Crippen LogP contribution in [0, 0.1) is 27.7 Å². The molecule has 0 aliphatic heterocycles. The summed E-state index contributed by atoms with van der Waals surface area (Å²) < 4.78 is 0. The van der Waals surface area contributed by atoms with E-state index in [0.29, 0.717) is 0 Å². The lowest BCUT2D eigenvalue weighted by molar-refractivity contribution is -0.116. The summed E-state index contributed by atoms with van der Waals surface area (Å²) in [5.74, 6) is -0.0353. The van der Waals surface area contributed by atoms with E-state index in [1.807, 2.05) is 45.0 Å². The molecule has 22 heavy (non-hydrogen) atoms. The molecule has 2 aromatic carbocycles. The highest BCUT2D eigenvalue weighted by molar-refractivity contribution is 5.96. The van der Waals surface area contributed by atoms with Crippen molar-refractivity contribution in [1.82, 2.24) is 0 Å². The fourth-order valence-corrected chi connectivity index (χ4v) is 2.27. The standard InChI is InChI=1S/C19H24N2O/c1-12-9-10-17(11-14(12)3)20-16(5)19(22)21-18-8-6-7-13(2)15(18)4/h6-11,16,20H,1-5H3,(H,21,22). The van der Waals surface area contributed by atoms with Gasteiger partial charge in [0, 0.05) is 11.4 Å². The third kappa shape index (κ3) is 3.67. The molecular formula is C19H24N2O. The quantitative estimate of drug-likeness (QED) is 0.880. The minimum atomic E-state index is -0.304. The van der Waals surface area contributed by atoms with Gasteiger partial charge in [-0.25, -0.2) is 0 Å². The Hall–Kier alpha value is -2.29. The zero-order chi connectivity index (χ0) is 16.3. The molecule has 3 heteroatoms. The molecule has 0 aliphatic rings. The molecule has 2 aromatic rings. The number of carbonyl (C=O) groups excluding carboxylic acids is 1. The Labute approximate surface area is 132 Å². The number of aryl methyl sites for hydroxylation is 3. The molecule has 116 valence electrons. The summed E-state index contributed by atoms with van der Waals surface area (Å²) in [7, 11) is 0. The van der Waals surface area contributed by atoms with Crippen molar-refractivity contribution in [3.8, 4) is 0 Å². The average Bonchev–Trinajstić information content (AvgIpc) is 2.47. The minimum absolute atomic E-state index is 0.0353. The van der Waals surface area contributed by atoms with Crippen molar-refractivity contribution in [3.63, 3.8) is 0 Å². The van der Waals surface area contributed by atoms with Gasteiger partial charge in [0.25, 0.3) is 0 Å². The largest absolute Gasteiger partial charge is 0.374 e. The van der Waals surface area contributed by atoms with Crippen LogP contribution in [0.4, 0.5) is 11.4 Å². The number of rotatable bonds is 4. The molecular weight excluding hydrogens is 272 g/mol. The van der Waals surface area contributed by atoms with Gasteiger partial charge in [0.15, 0.2) is 0 Å². The highest BCUT2D eigenvalue weighted by Gasteiger charge is 2.14. The van der Waals surface area contributed by atoms with Crippen LogP contribution in [-0.4, -0.2) is 11.9 Å². The SMILES string of the molecule is Cc1ccc(NC(C)C(=O)Nc2cccc(C)c2C)cc1C. The van der Waals surface area contributed by atoms with Crippen LogP contribution in [-0.2, 0) is 4.79 Å². The lowest BCUT2D eigenvalue weighted by atomic mass is 10.1. The molecule has 0 fully saturated rings. The van der Waals surface area contributed by atoms with E-state index in [9.17, 15) is 4.79 Å². The van der Waals surface area contributed by atoms with Gasteiger partial charge in [0.1, 0.15) is 6.04 Å². The Kier molecular flexibility index (Phi) is 4.86. The van der Waals surface area contributed by atoms with Gasteiger partial charge in [-0.1, -0.05) is 18.2 Å². The highest BCUT2D eigenvalue weighted by Crippen LogP contribution is 2.19. The fourth-order valence-electron chi connectivity index (χ4n) is 2.27. The van der Waals surface area contributed by atoms with Crippen molar-refractivity contribution in [2.45, 2.75) is 40.7 Å². The van der Waals surface area contributed by atoms with E-state index in [1.54, 1.807) is 0 Å². The van der Waals surface area contributed by atoms with Gasteiger partial charge in [0.2, 0.25) is 5.91 Å². The predicted molar refractivity (Wildman–Crippen MR) is 93.5 cm³/mol. The summed E-state index contributed by atoms with van der Waals surface area (Å²) in [5, 5.41) is 6.25. The number of amides is 1. The van der Waals surface area contributed by atoms with Gasteiger partial charge < -0.3 is 10.6 Å². The lowest BCUT2D eigenvalue weighted by Crippen LogP contribution is -2.32. The zero-order valence-corrected chi connectivity index (χ0v) is 13.9. The van der Waals surface area contributed by atoms with Gasteiger partial charge in [0.05, 0.1) is 0 Å². The summed E-state index contributed by atoms with van der Waals surface area (Å²) in [6, 6.07) is 11.8. The van der Waals surface area contributed by atoms with Crippen LogP contribution in [0.25, 0.3) is 0 Å². The van der Waals surface area contributed by atoms with Crippen LogP contribution < -0.4 is 10.6 Å². The van der Waals surface area contributed by atoms with Crippen molar-refractivity contribution in [2.24, 2.45) is 0 Å². The first-order chi connectivity index (χ1) is 10.4. The van der Waals surface area contributed by atoms with Gasteiger partial charge >= 0.3 is 0 Å². The molecule has 0 spiro atoms. The second-order valence-electron chi connectivity index (χ2n) is 5.90. The Balaban J connectivity index is 2.06. The van der Waals surface area contributed by atoms with Gasteiger partial charge in [-0.05, 0) is 75.1 Å². The van der Waals surface area contributed by atoms with E-state index < -0.39 is 0 Å². The number of hydrogen-bond acceptors (Lipinski definition) is 2. The van der Waals surface area contributed by atoms with E-state index in [0.717, 1.165) is 16.9 Å². The molecule has 0 saturated heterocycles. The maximum Gasteiger partial charge on any atom is 0.246 e. The van der Waals surface area contributed by atoms with Gasteiger partial charge in [-0.2, -0.15) is 0 Å². The highest BCUT2D eigenvalue weighted by atomic mass is 16.2. The minimum Gasteiger partial charge on any atom is -0.374 e. The monoisotopic (exact) mass is 296 g/mol. The van der Waals surface area contributed by atoms with E-state index in [2.05, 4.69) is 36.6 Å². The summed E-state index contributed by atoms with van der Waals surface area (Å²) in [6.07, 6.45) is 0. The van der Waals surface area contributed by atoms with Crippen molar-refractivity contribution < 1.29 is 4.79 Å². The molecule has 3 nitrogen and oxygen atoms in total. The number of anilines is 2. The van der Waals surface area contributed by atoms with Gasteiger partial charge in [-0.15, -0.1) is 0 Å². The molecule has 0 heterocycles. The van der Waals surface area contributed by atoms with E-state index in [-0.39, 0.29) is 11.9 Å². The van der Waals surface area contributed by atoms with Crippen molar-refractivity contribution >= 4 is 17.3 Å². The zero-order valence-electron chi connectivity index (χ0n) is 13.9. The van der Waals surface area contributed by atoms with E-state index in [4.69, 9.17) is 0 Å². The smallest absolute Gasteiger partial charge is 0.246 e. The second-order valence-corrected chi connectivity index (χ2v) is 5.90. The lowest BCUT2D eigenvalue weighted by Gasteiger charge is -2.17. The van der Waals surface area contributed by atoms with Crippen LogP contribution in [0.3, 0.4) is 0 Å². The number of carbonyl (C=O) groups is 1. The Morgan fingerprint density at radius 3 is 2.36 bits per heavy atom. The van der Waals surface area contributed by atoms with Crippen LogP contribution in [0.5, 0.6) is 0 Å². The normalized spacial score (nSPS) is 11.9. The molecule has 2 N–H and O–H groups in total. The summed E-state index contributed by atoms with van der Waals surface area (Å²) in [5.41, 5.74) is 6.58. The maximum absolute atomic E-state index is 12.4. The molecule has 1 unspecified atom stereocenters. The Morgan fingerprint density at radius 2 is 1.68 bits per heavy atom. The maximum atomic E-state index is 12.4. The number of benzene rings is 2. The molecule has 0 bridgehead atoms. The van der Waals surface area contributed by atoms with Crippen molar-refractivity contribution in [1.29, 1.82) is 0 Å². The predicted octanol–water partition coefficient (Wildman–Crippen LogP) is 4.36. The Morgan fingerprint density at radius 1 is 0.955 bits per heavy atom. The number of hydrogen-bond donors (Lipinski definition) is 2. The van der Waals surface area contributed by atoms with Gasteiger partial charge in [-0.3, -0.25) is 4.79 Å². The van der Waals surface area contributed by atoms with Crippen molar-refractivity contribution in [2.75, 3.05) is 10.6 Å². The van der Waals surface area contributed by atoms with Crippen LogP contribution in [0.1, 0.15) is 29.2 Å². The summed E-state index contributed by atoms with van der Waals surface area (Å²) in [6.45, 7) is 10.1. The first-order valence-corrected chi connectivity index (χ1v) is 7.59. The third-order valence-corrected chi connectivity index (χ3v) is 4.15. The Bertz CT molecular complexity index is 692. The molecule has 0 saturated carbocycles. The molecule has 0 radical (unpaired) electrons. The summed E-state index contributed by atoms with van der Waals surface area (Å²) >= 11 is 0. The number of nitrogens with one attached hydrogen (secondary N) is 2. The van der Waals surface area contributed by atoms with E-state index in [1.165, 1.54) is 16.7 Å². The molecule has 1 amide bonds. The molecule has 0 aromatic heterocycles. The van der Waals surface area contributed by atoms with Crippen molar-refractivity contribution in [3.05, 3.63) is 58.7 Å². The molecule has 0 aliphatic carbocycles. The average molecular weight is 296 g/mol. The first kappa shape index (κ1) is 16.1. The second kappa shape index (κ2) is 6.65. The molecule has 2 rings (SSSR count). The molecule has 1 atom stereocenters.